The molecule has 13 heavy (non-hydrogen) atoms. The Kier molecular flexibility index (Phi) is 1.56. The first-order chi connectivity index (χ1) is 5.62. The van der Waals surface area contributed by atoms with Crippen LogP contribution in [-0.2, 0) is 32.7 Å². The van der Waals surface area contributed by atoms with Crippen LogP contribution in [0.1, 0.15) is 0 Å². The Bertz CT molecular complexity index is 257. The van der Waals surface area contributed by atoms with E-state index in [1.807, 2.05) is 0 Å². The molecule has 69 valence electrons. The third-order valence-electron chi connectivity index (χ3n) is 4.31. The minimum Gasteiger partial charge on any atom is -0.279 e. The molecule has 4 aliphatic rings. The molecule has 0 aromatic heterocycles. The second-order valence-electron chi connectivity index (χ2n) is 5.53. The van der Waals surface area contributed by atoms with Crippen molar-refractivity contribution in [3.8, 4) is 0 Å². The van der Waals surface area contributed by atoms with Gasteiger partial charge in [-0.15, -0.1) is 9.80 Å². The Labute approximate surface area is 104 Å². The first-order valence-corrected chi connectivity index (χ1v) is 4.79. The molecule has 4 rings (SSSR count). The van der Waals surface area contributed by atoms with Gasteiger partial charge in [-0.3, -0.25) is 8.97 Å². The van der Waals surface area contributed by atoms with Gasteiger partial charge in [-0.25, -0.2) is 0 Å². The Morgan fingerprint density at radius 3 is 1.46 bits per heavy atom. The average molecular weight is 257 g/mol. The van der Waals surface area contributed by atoms with E-state index >= 15 is 0 Å². The van der Waals surface area contributed by atoms with Gasteiger partial charge in [0.2, 0.25) is 12.3 Å². The molecule has 0 spiro atoms. The smallest absolute Gasteiger partial charge is 0.224 e. The maximum atomic E-state index is 2.66. The Balaban J connectivity index is 0.000000562. The van der Waals surface area contributed by atoms with Crippen LogP contribution in [0.4, 0.5) is 0 Å². The van der Waals surface area contributed by atoms with E-state index in [1.165, 1.54) is 35.6 Å². The zero-order valence-electron chi connectivity index (χ0n) is 8.35. The van der Waals surface area contributed by atoms with E-state index in [0.29, 0.717) is 0 Å². The molecule has 5 heteroatoms. The van der Waals surface area contributed by atoms with Crippen molar-refractivity contribution in [2.45, 2.75) is 12.3 Å². The summed E-state index contributed by atoms with van der Waals surface area (Å²) in [7, 11) is 4.82. The quantitative estimate of drug-likeness (QED) is 0.515. The summed E-state index contributed by atoms with van der Waals surface area (Å²) < 4.78 is 2.61. The molecule has 0 aliphatic carbocycles. The first-order valence-electron chi connectivity index (χ1n) is 4.79. The molecule has 2 unspecified atom stereocenters. The van der Waals surface area contributed by atoms with Gasteiger partial charge in [-0.05, 0) is 0 Å². The van der Waals surface area contributed by atoms with Crippen molar-refractivity contribution in [1.82, 2.24) is 9.80 Å². The molecule has 0 aromatic rings. The predicted molar refractivity (Wildman–Crippen MR) is 43.1 cm³/mol. The van der Waals surface area contributed by atoms with Crippen LogP contribution < -0.4 is 0 Å². The van der Waals surface area contributed by atoms with E-state index in [9.17, 15) is 0 Å². The van der Waals surface area contributed by atoms with Crippen molar-refractivity contribution in [1.29, 1.82) is 0 Å². The number of hydrogen-bond donors (Lipinski definition) is 0. The molecular weight excluding hydrogens is 241 g/mol. The van der Waals surface area contributed by atoms with E-state index in [4.69, 9.17) is 0 Å². The largest absolute Gasteiger partial charge is 0.279 e. The molecule has 4 fully saturated rings. The summed E-state index contributed by atoms with van der Waals surface area (Å²) in [5.41, 5.74) is 0. The van der Waals surface area contributed by atoms with Gasteiger partial charge < -0.3 is 0 Å². The number of likely N-dealkylation sites (N-methyl/N-ethyl adjacent to an activating group) is 2. The topological polar surface area (TPSA) is 6.48 Å². The molecular formula is C8H16N4Y+2. The van der Waals surface area contributed by atoms with Crippen molar-refractivity contribution in [3.63, 3.8) is 0 Å². The van der Waals surface area contributed by atoms with Crippen molar-refractivity contribution in [2.75, 3.05) is 40.8 Å². The van der Waals surface area contributed by atoms with Gasteiger partial charge in [0.05, 0.1) is 14.1 Å². The number of hydrogen-bond acceptors (Lipinski definition) is 2. The minimum absolute atomic E-state index is 0. The van der Waals surface area contributed by atoms with Crippen LogP contribution in [0.25, 0.3) is 0 Å². The number of nitrogens with zero attached hydrogens (tertiary/aromatic N) is 4. The average Bonchev–Trinajstić information content (AvgIpc) is 2.23. The molecule has 1 radical (unpaired) electrons. The summed E-state index contributed by atoms with van der Waals surface area (Å²) in [6, 6.07) is 0. The molecule has 0 aromatic carbocycles. The fourth-order valence-corrected chi connectivity index (χ4v) is 4.12. The van der Waals surface area contributed by atoms with Gasteiger partial charge in [0.15, 0.2) is 0 Å². The molecule has 4 aliphatic heterocycles. The van der Waals surface area contributed by atoms with Crippen molar-refractivity contribution < 1.29 is 41.7 Å². The Morgan fingerprint density at radius 2 is 1.15 bits per heavy atom. The normalized spacial score (nSPS) is 62.3. The maximum absolute atomic E-state index is 2.66. The third kappa shape index (κ3) is 0.767. The standard InChI is InChI=1S/C8H16N4.Y/c1-11-3-9-6-12(2)4-10(5-11)8(12)7(9)11;/h7-8H,3-6H2,1-2H3;/q+2;. The van der Waals surface area contributed by atoms with E-state index in [-0.39, 0.29) is 32.7 Å². The van der Waals surface area contributed by atoms with Crippen LogP contribution in [0.2, 0.25) is 0 Å². The van der Waals surface area contributed by atoms with Gasteiger partial charge in [-0.1, -0.05) is 0 Å². The predicted octanol–water partition coefficient (Wildman–Crippen LogP) is -0.982. The molecule has 0 amide bonds. The van der Waals surface area contributed by atoms with Crippen molar-refractivity contribution in [2.24, 2.45) is 0 Å². The van der Waals surface area contributed by atoms with Crippen LogP contribution in [-0.4, -0.2) is 71.9 Å². The number of quaternary nitrogens is 2. The Hall–Kier alpha value is 0.944. The molecule has 2 atom stereocenters. The summed E-state index contributed by atoms with van der Waals surface area (Å²) in [5.74, 6) is 0. The second kappa shape index (κ2) is 2.20. The molecule has 4 heterocycles. The van der Waals surface area contributed by atoms with Gasteiger partial charge in [0.25, 0.3) is 0 Å². The molecule has 0 saturated carbocycles. The monoisotopic (exact) mass is 257 g/mol. The molecule has 4 saturated heterocycles. The van der Waals surface area contributed by atoms with E-state index < -0.39 is 0 Å². The van der Waals surface area contributed by atoms with Crippen LogP contribution in [0.3, 0.4) is 0 Å². The van der Waals surface area contributed by atoms with Gasteiger partial charge >= 0.3 is 0 Å². The van der Waals surface area contributed by atoms with Crippen LogP contribution in [0.15, 0.2) is 0 Å². The zero-order chi connectivity index (χ0) is 8.14. The third-order valence-corrected chi connectivity index (χ3v) is 4.31. The fourth-order valence-electron chi connectivity index (χ4n) is 4.12. The summed E-state index contributed by atoms with van der Waals surface area (Å²) in [6.45, 7) is 5.20. The van der Waals surface area contributed by atoms with E-state index in [2.05, 4.69) is 23.9 Å². The van der Waals surface area contributed by atoms with Crippen molar-refractivity contribution in [3.05, 3.63) is 0 Å². The van der Waals surface area contributed by atoms with E-state index in [0.717, 1.165) is 12.3 Å². The zero-order valence-corrected chi connectivity index (χ0v) is 11.2. The van der Waals surface area contributed by atoms with Crippen molar-refractivity contribution >= 4 is 0 Å². The fraction of sp³-hybridized carbons (Fsp3) is 1.00. The summed E-state index contributed by atoms with van der Waals surface area (Å²) in [5, 5.41) is 0. The van der Waals surface area contributed by atoms with Crippen LogP contribution in [0.5, 0.6) is 0 Å². The first kappa shape index (κ1) is 9.19. The van der Waals surface area contributed by atoms with Crippen LogP contribution >= 0.6 is 0 Å². The van der Waals surface area contributed by atoms with Gasteiger partial charge in [0.1, 0.15) is 26.7 Å². The number of rotatable bonds is 0. The van der Waals surface area contributed by atoms with Gasteiger partial charge in [0, 0.05) is 32.7 Å². The van der Waals surface area contributed by atoms with E-state index in [1.54, 1.807) is 0 Å². The SMILES string of the molecule is C[N+]12CN3C[N+]4(C)CN(C1)C4C32.[Y]. The van der Waals surface area contributed by atoms with Crippen LogP contribution in [0, 0.1) is 0 Å². The van der Waals surface area contributed by atoms with Gasteiger partial charge in [-0.2, -0.15) is 0 Å². The molecule has 0 bridgehead atoms. The maximum Gasteiger partial charge on any atom is 0.224 e. The summed E-state index contributed by atoms with van der Waals surface area (Å²) in [4.78, 5) is 5.33. The molecule has 0 N–H and O–H groups in total. The Morgan fingerprint density at radius 1 is 0.846 bits per heavy atom. The summed E-state index contributed by atoms with van der Waals surface area (Å²) in [6.07, 6.45) is 1.70. The minimum atomic E-state index is 0. The second-order valence-corrected chi connectivity index (χ2v) is 5.53. The molecule has 4 nitrogen and oxygen atoms in total. The summed E-state index contributed by atoms with van der Waals surface area (Å²) >= 11 is 0.